The van der Waals surface area contributed by atoms with Crippen LogP contribution < -0.4 is 5.32 Å². The van der Waals surface area contributed by atoms with E-state index in [2.05, 4.69) is 5.32 Å². The van der Waals surface area contributed by atoms with Crippen molar-refractivity contribution < 1.29 is 4.79 Å². The van der Waals surface area contributed by atoms with E-state index in [9.17, 15) is 4.79 Å². The third-order valence-corrected chi connectivity index (χ3v) is 4.12. The van der Waals surface area contributed by atoms with Crippen LogP contribution in [0.2, 0.25) is 5.02 Å². The number of nitrogens with one attached hydrogen (secondary N) is 1. The monoisotopic (exact) mass is 291 g/mol. The van der Waals surface area contributed by atoms with E-state index in [0.717, 1.165) is 18.4 Å². The minimum absolute atomic E-state index is 0.0181. The summed E-state index contributed by atoms with van der Waals surface area (Å²) in [6.07, 6.45) is 11.9. The highest BCUT2D eigenvalue weighted by Crippen LogP contribution is 2.18. The summed E-state index contributed by atoms with van der Waals surface area (Å²) in [5.74, 6) is -0.0181. The van der Waals surface area contributed by atoms with E-state index in [0.29, 0.717) is 11.1 Å². The molecular weight excluding hydrogens is 270 g/mol. The van der Waals surface area contributed by atoms with Crippen LogP contribution in [0.15, 0.2) is 30.3 Å². The summed E-state index contributed by atoms with van der Waals surface area (Å²) < 4.78 is 0. The average molecular weight is 292 g/mol. The van der Waals surface area contributed by atoms with Gasteiger partial charge in [0.25, 0.3) is 0 Å². The summed E-state index contributed by atoms with van der Waals surface area (Å²) in [6.45, 7) is 0. The highest BCUT2D eigenvalue weighted by Gasteiger charge is 2.12. The molecular formula is C17H22ClNO. The summed E-state index contributed by atoms with van der Waals surface area (Å²) >= 11 is 6.06. The molecule has 1 saturated carbocycles. The molecule has 0 saturated heterocycles. The fourth-order valence-electron chi connectivity index (χ4n) is 2.63. The molecule has 0 heterocycles. The van der Waals surface area contributed by atoms with E-state index in [-0.39, 0.29) is 5.91 Å². The molecule has 0 bridgehead atoms. The Balaban J connectivity index is 1.86. The van der Waals surface area contributed by atoms with E-state index in [1.165, 1.54) is 32.1 Å². The van der Waals surface area contributed by atoms with Gasteiger partial charge in [-0.15, -0.1) is 0 Å². The van der Waals surface area contributed by atoms with Crippen molar-refractivity contribution in [3.8, 4) is 0 Å². The summed E-state index contributed by atoms with van der Waals surface area (Å²) in [7, 11) is 0. The molecule has 0 unspecified atom stereocenters. The van der Waals surface area contributed by atoms with Gasteiger partial charge in [-0.25, -0.2) is 0 Å². The van der Waals surface area contributed by atoms with Crippen molar-refractivity contribution in [3.05, 3.63) is 40.9 Å². The van der Waals surface area contributed by atoms with Crippen LogP contribution in [0.25, 0.3) is 6.08 Å². The molecule has 0 radical (unpaired) electrons. The van der Waals surface area contributed by atoms with Crippen LogP contribution in [0.3, 0.4) is 0 Å². The molecule has 0 spiro atoms. The minimum atomic E-state index is -0.0181. The second-order valence-electron chi connectivity index (χ2n) is 5.41. The quantitative estimate of drug-likeness (QED) is 0.811. The Labute approximate surface area is 126 Å². The lowest BCUT2D eigenvalue weighted by molar-refractivity contribution is -0.117. The number of hydrogen-bond acceptors (Lipinski definition) is 1. The SMILES string of the molecule is O=C(/C=C/c1ccccc1Cl)NC1CCCCCCC1. The summed E-state index contributed by atoms with van der Waals surface area (Å²) in [4.78, 5) is 12.0. The van der Waals surface area contributed by atoms with Crippen LogP contribution in [0.4, 0.5) is 0 Å². The van der Waals surface area contributed by atoms with Crippen molar-refractivity contribution in [3.63, 3.8) is 0 Å². The van der Waals surface area contributed by atoms with Crippen molar-refractivity contribution in [2.24, 2.45) is 0 Å². The van der Waals surface area contributed by atoms with Crippen molar-refractivity contribution >= 4 is 23.6 Å². The molecule has 1 aliphatic carbocycles. The van der Waals surface area contributed by atoms with Crippen LogP contribution in [-0.4, -0.2) is 11.9 Å². The fourth-order valence-corrected chi connectivity index (χ4v) is 2.82. The van der Waals surface area contributed by atoms with Crippen LogP contribution >= 0.6 is 11.6 Å². The maximum absolute atomic E-state index is 12.0. The molecule has 108 valence electrons. The number of amides is 1. The van der Waals surface area contributed by atoms with Gasteiger partial charge in [-0.05, 0) is 30.5 Å². The first kappa shape index (κ1) is 15.1. The van der Waals surface area contributed by atoms with Gasteiger partial charge in [0, 0.05) is 17.1 Å². The second kappa shape index (κ2) is 8.11. The van der Waals surface area contributed by atoms with Gasteiger partial charge in [-0.3, -0.25) is 4.79 Å². The zero-order valence-corrected chi connectivity index (χ0v) is 12.5. The average Bonchev–Trinajstić information content (AvgIpc) is 2.41. The Kier molecular flexibility index (Phi) is 6.13. The molecule has 1 N–H and O–H groups in total. The number of halogens is 1. The predicted molar refractivity (Wildman–Crippen MR) is 84.7 cm³/mol. The fraction of sp³-hybridized carbons (Fsp3) is 0.471. The lowest BCUT2D eigenvalue weighted by Crippen LogP contribution is -2.34. The van der Waals surface area contributed by atoms with Gasteiger partial charge >= 0.3 is 0 Å². The standard InChI is InChI=1S/C17H22ClNO/c18-16-11-7-6-8-14(16)12-13-17(20)19-15-9-4-2-1-3-5-10-15/h6-8,11-13,15H,1-5,9-10H2,(H,19,20)/b13-12+. The van der Waals surface area contributed by atoms with E-state index in [4.69, 9.17) is 11.6 Å². The normalized spacial score (nSPS) is 17.6. The van der Waals surface area contributed by atoms with Gasteiger partial charge in [0.2, 0.25) is 5.91 Å². The first-order chi connectivity index (χ1) is 9.75. The van der Waals surface area contributed by atoms with Crippen LogP contribution in [-0.2, 0) is 4.79 Å². The largest absolute Gasteiger partial charge is 0.350 e. The highest BCUT2D eigenvalue weighted by molar-refractivity contribution is 6.32. The van der Waals surface area contributed by atoms with Gasteiger partial charge in [0.1, 0.15) is 0 Å². The molecule has 1 aromatic rings. The minimum Gasteiger partial charge on any atom is -0.350 e. The predicted octanol–water partition coefficient (Wildman–Crippen LogP) is 4.58. The molecule has 1 aromatic carbocycles. The van der Waals surface area contributed by atoms with E-state index in [1.54, 1.807) is 12.2 Å². The van der Waals surface area contributed by atoms with E-state index < -0.39 is 0 Å². The highest BCUT2D eigenvalue weighted by atomic mass is 35.5. The molecule has 2 rings (SSSR count). The molecule has 3 heteroatoms. The third kappa shape index (κ3) is 5.01. The Morgan fingerprint density at radius 2 is 1.75 bits per heavy atom. The van der Waals surface area contributed by atoms with Gasteiger partial charge in [0.05, 0.1) is 0 Å². The van der Waals surface area contributed by atoms with Crippen LogP contribution in [0.1, 0.15) is 50.5 Å². The van der Waals surface area contributed by atoms with Gasteiger partial charge in [0.15, 0.2) is 0 Å². The zero-order chi connectivity index (χ0) is 14.2. The Morgan fingerprint density at radius 1 is 1.10 bits per heavy atom. The smallest absolute Gasteiger partial charge is 0.244 e. The van der Waals surface area contributed by atoms with E-state index in [1.807, 2.05) is 24.3 Å². The van der Waals surface area contributed by atoms with Crippen molar-refractivity contribution in [2.45, 2.75) is 51.0 Å². The van der Waals surface area contributed by atoms with Crippen molar-refractivity contribution in [1.29, 1.82) is 0 Å². The van der Waals surface area contributed by atoms with Gasteiger partial charge in [-0.1, -0.05) is 61.9 Å². The summed E-state index contributed by atoms with van der Waals surface area (Å²) in [6, 6.07) is 7.86. The first-order valence-electron chi connectivity index (χ1n) is 7.49. The van der Waals surface area contributed by atoms with Crippen LogP contribution in [0, 0.1) is 0 Å². The lowest BCUT2D eigenvalue weighted by Gasteiger charge is -2.20. The maximum atomic E-state index is 12.0. The lowest BCUT2D eigenvalue weighted by atomic mass is 9.97. The molecule has 0 atom stereocenters. The number of benzene rings is 1. The molecule has 2 nitrogen and oxygen atoms in total. The van der Waals surface area contributed by atoms with Crippen molar-refractivity contribution in [1.82, 2.24) is 5.32 Å². The van der Waals surface area contributed by atoms with Gasteiger partial charge < -0.3 is 5.32 Å². The number of carbonyl (C=O) groups excluding carboxylic acids is 1. The van der Waals surface area contributed by atoms with E-state index >= 15 is 0 Å². The zero-order valence-electron chi connectivity index (χ0n) is 11.8. The number of hydrogen-bond donors (Lipinski definition) is 1. The summed E-state index contributed by atoms with van der Waals surface area (Å²) in [5.41, 5.74) is 0.877. The van der Waals surface area contributed by atoms with Crippen molar-refractivity contribution in [2.75, 3.05) is 0 Å². The molecule has 0 aliphatic heterocycles. The maximum Gasteiger partial charge on any atom is 0.244 e. The number of rotatable bonds is 3. The molecule has 0 aromatic heterocycles. The second-order valence-corrected chi connectivity index (χ2v) is 5.81. The molecule has 1 amide bonds. The molecule has 20 heavy (non-hydrogen) atoms. The Morgan fingerprint density at radius 3 is 2.45 bits per heavy atom. The third-order valence-electron chi connectivity index (χ3n) is 3.77. The van der Waals surface area contributed by atoms with Crippen LogP contribution in [0.5, 0.6) is 0 Å². The first-order valence-corrected chi connectivity index (χ1v) is 7.86. The summed E-state index contributed by atoms with van der Waals surface area (Å²) in [5, 5.41) is 3.78. The number of carbonyl (C=O) groups is 1. The Bertz CT molecular complexity index is 462. The molecule has 1 fully saturated rings. The Hall–Kier alpha value is -1.28. The topological polar surface area (TPSA) is 29.1 Å². The van der Waals surface area contributed by atoms with Gasteiger partial charge in [-0.2, -0.15) is 0 Å². The molecule has 1 aliphatic rings.